The summed E-state index contributed by atoms with van der Waals surface area (Å²) < 4.78 is 5.72. The van der Waals surface area contributed by atoms with Crippen molar-refractivity contribution < 1.29 is 9.53 Å². The van der Waals surface area contributed by atoms with Gasteiger partial charge in [0.1, 0.15) is 12.4 Å². The van der Waals surface area contributed by atoms with Gasteiger partial charge in [-0.05, 0) is 48.0 Å². The van der Waals surface area contributed by atoms with Gasteiger partial charge in [0.05, 0.1) is 11.8 Å². The first-order valence-electron chi connectivity index (χ1n) is 7.92. The molecule has 1 N–H and O–H groups in total. The normalized spacial score (nSPS) is 10.7. The van der Waals surface area contributed by atoms with Crippen LogP contribution in [0.1, 0.15) is 21.5 Å². The van der Waals surface area contributed by atoms with E-state index >= 15 is 0 Å². The quantitative estimate of drug-likeness (QED) is 0.529. The molecule has 130 valence electrons. The number of carbonyl (C=O) groups excluding carboxylic acids is 1. The predicted molar refractivity (Wildman–Crippen MR) is 102 cm³/mol. The lowest BCUT2D eigenvalue weighted by Gasteiger charge is -2.07. The van der Waals surface area contributed by atoms with Crippen LogP contribution in [-0.2, 0) is 6.61 Å². The summed E-state index contributed by atoms with van der Waals surface area (Å²) in [6, 6.07) is 18.3. The number of nitrogens with zero attached hydrogens (tertiary/aromatic N) is 2. The number of amides is 1. The molecule has 0 aliphatic heterocycles. The van der Waals surface area contributed by atoms with Gasteiger partial charge in [-0.3, -0.25) is 9.78 Å². The van der Waals surface area contributed by atoms with Gasteiger partial charge in [-0.25, -0.2) is 5.43 Å². The van der Waals surface area contributed by atoms with Crippen molar-refractivity contribution in [3.05, 3.63) is 94.8 Å². The lowest BCUT2D eigenvalue weighted by atomic mass is 10.2. The van der Waals surface area contributed by atoms with E-state index in [0.29, 0.717) is 17.2 Å². The fourth-order valence-corrected chi connectivity index (χ4v) is 2.34. The molecule has 0 bridgehead atoms. The van der Waals surface area contributed by atoms with E-state index < -0.39 is 0 Å². The first-order valence-corrected chi connectivity index (χ1v) is 8.30. The number of pyridine rings is 1. The van der Waals surface area contributed by atoms with Crippen molar-refractivity contribution in [2.24, 2.45) is 5.10 Å². The second-order valence-electron chi connectivity index (χ2n) is 5.39. The maximum atomic E-state index is 11.8. The van der Waals surface area contributed by atoms with Crippen molar-refractivity contribution in [1.29, 1.82) is 0 Å². The number of hydrazone groups is 1. The Labute approximate surface area is 156 Å². The van der Waals surface area contributed by atoms with E-state index in [1.165, 1.54) is 6.20 Å². The molecule has 1 heterocycles. The molecule has 0 aliphatic rings. The van der Waals surface area contributed by atoms with Gasteiger partial charge < -0.3 is 4.74 Å². The van der Waals surface area contributed by atoms with Crippen LogP contribution in [-0.4, -0.2) is 17.1 Å². The molecule has 1 amide bonds. The molecular weight excluding hydrogens is 350 g/mol. The highest BCUT2D eigenvalue weighted by atomic mass is 35.5. The average molecular weight is 366 g/mol. The van der Waals surface area contributed by atoms with Crippen molar-refractivity contribution in [3.63, 3.8) is 0 Å². The molecule has 0 unspecified atom stereocenters. The molecule has 3 rings (SSSR count). The van der Waals surface area contributed by atoms with Gasteiger partial charge in [-0.2, -0.15) is 5.10 Å². The molecule has 0 fully saturated rings. The number of nitrogens with one attached hydrogen (secondary N) is 1. The average Bonchev–Trinajstić information content (AvgIpc) is 2.69. The van der Waals surface area contributed by atoms with Crippen molar-refractivity contribution in [2.45, 2.75) is 6.61 Å². The number of aromatic nitrogens is 1. The number of hydrogen-bond donors (Lipinski definition) is 1. The molecule has 26 heavy (non-hydrogen) atoms. The Bertz CT molecular complexity index is 896. The molecule has 0 spiro atoms. The van der Waals surface area contributed by atoms with Gasteiger partial charge >= 0.3 is 0 Å². The molecule has 6 heteroatoms. The van der Waals surface area contributed by atoms with Crippen LogP contribution in [0.15, 0.2) is 78.2 Å². The number of halogens is 1. The van der Waals surface area contributed by atoms with Gasteiger partial charge in [-0.15, -0.1) is 0 Å². The number of benzene rings is 2. The third kappa shape index (κ3) is 4.91. The van der Waals surface area contributed by atoms with E-state index in [1.807, 2.05) is 48.5 Å². The third-order valence-corrected chi connectivity index (χ3v) is 3.90. The molecule has 3 aromatic rings. The molecule has 0 saturated carbocycles. The zero-order valence-electron chi connectivity index (χ0n) is 13.8. The maximum absolute atomic E-state index is 11.8. The Morgan fingerprint density at radius 2 is 1.92 bits per heavy atom. The Balaban J connectivity index is 1.53. The molecule has 0 radical (unpaired) electrons. The van der Waals surface area contributed by atoms with Crippen LogP contribution in [0.2, 0.25) is 5.02 Å². The van der Waals surface area contributed by atoms with Crippen LogP contribution < -0.4 is 10.2 Å². The van der Waals surface area contributed by atoms with Crippen molar-refractivity contribution in [3.8, 4) is 5.75 Å². The minimum absolute atomic E-state index is 0.311. The minimum atomic E-state index is -0.311. The van der Waals surface area contributed by atoms with Crippen LogP contribution in [0.5, 0.6) is 5.75 Å². The highest BCUT2D eigenvalue weighted by Gasteiger charge is 2.03. The lowest BCUT2D eigenvalue weighted by molar-refractivity contribution is 0.0955. The molecular formula is C20H16ClN3O2. The summed E-state index contributed by atoms with van der Waals surface area (Å²) >= 11 is 6.11. The molecule has 0 saturated heterocycles. The van der Waals surface area contributed by atoms with Gasteiger partial charge in [0.15, 0.2) is 0 Å². The summed E-state index contributed by atoms with van der Waals surface area (Å²) in [5.74, 6) is 0.413. The summed E-state index contributed by atoms with van der Waals surface area (Å²) in [5.41, 5.74) is 4.67. The monoisotopic (exact) mass is 365 g/mol. The van der Waals surface area contributed by atoms with E-state index in [2.05, 4.69) is 15.5 Å². The van der Waals surface area contributed by atoms with Crippen LogP contribution in [0.4, 0.5) is 0 Å². The summed E-state index contributed by atoms with van der Waals surface area (Å²) in [7, 11) is 0. The first kappa shape index (κ1) is 17.6. The maximum Gasteiger partial charge on any atom is 0.272 e. The second-order valence-corrected chi connectivity index (χ2v) is 5.80. The van der Waals surface area contributed by atoms with Crippen LogP contribution in [0.3, 0.4) is 0 Å². The summed E-state index contributed by atoms with van der Waals surface area (Å²) in [6.07, 6.45) is 4.65. The molecule has 0 atom stereocenters. The second kappa shape index (κ2) is 8.78. The zero-order valence-corrected chi connectivity index (χ0v) is 14.6. The van der Waals surface area contributed by atoms with E-state index in [4.69, 9.17) is 16.3 Å². The van der Waals surface area contributed by atoms with Gasteiger partial charge in [0.25, 0.3) is 5.91 Å². The zero-order chi connectivity index (χ0) is 18.2. The summed E-state index contributed by atoms with van der Waals surface area (Å²) in [4.78, 5) is 15.7. The minimum Gasteiger partial charge on any atom is -0.489 e. The van der Waals surface area contributed by atoms with E-state index in [1.54, 1.807) is 24.5 Å². The smallest absolute Gasteiger partial charge is 0.272 e. The number of ether oxygens (including phenoxy) is 1. The standard InChI is InChI=1S/C20H16ClN3O2/c21-19-6-2-1-4-17(19)14-26-18-9-7-15(8-10-18)12-23-24-20(25)16-5-3-11-22-13-16/h1-13H,14H2,(H,24,25)/b23-12+. The van der Waals surface area contributed by atoms with Crippen molar-refractivity contribution >= 4 is 23.7 Å². The number of carbonyl (C=O) groups is 1. The lowest BCUT2D eigenvalue weighted by Crippen LogP contribution is -2.17. The highest BCUT2D eigenvalue weighted by molar-refractivity contribution is 6.31. The Hall–Kier alpha value is -3.18. The fourth-order valence-electron chi connectivity index (χ4n) is 2.15. The van der Waals surface area contributed by atoms with E-state index in [0.717, 1.165) is 16.9 Å². The Morgan fingerprint density at radius 3 is 2.65 bits per heavy atom. The molecule has 1 aromatic heterocycles. The van der Waals surface area contributed by atoms with E-state index in [-0.39, 0.29) is 5.91 Å². The molecule has 2 aromatic carbocycles. The largest absolute Gasteiger partial charge is 0.489 e. The molecule has 5 nitrogen and oxygen atoms in total. The predicted octanol–water partition coefficient (Wildman–Crippen LogP) is 4.08. The van der Waals surface area contributed by atoms with Crippen LogP contribution in [0, 0.1) is 0 Å². The summed E-state index contributed by atoms with van der Waals surface area (Å²) in [6.45, 7) is 0.397. The van der Waals surface area contributed by atoms with Gasteiger partial charge in [-0.1, -0.05) is 29.8 Å². The van der Waals surface area contributed by atoms with Crippen molar-refractivity contribution in [2.75, 3.05) is 0 Å². The topological polar surface area (TPSA) is 63.6 Å². The third-order valence-electron chi connectivity index (χ3n) is 3.54. The highest BCUT2D eigenvalue weighted by Crippen LogP contribution is 2.18. The van der Waals surface area contributed by atoms with Gasteiger partial charge in [0, 0.05) is 23.0 Å². The summed E-state index contributed by atoms with van der Waals surface area (Å²) in [5, 5.41) is 4.62. The van der Waals surface area contributed by atoms with Crippen LogP contribution in [0.25, 0.3) is 0 Å². The fraction of sp³-hybridized carbons (Fsp3) is 0.0500. The number of hydrogen-bond acceptors (Lipinski definition) is 4. The molecule has 0 aliphatic carbocycles. The Morgan fingerprint density at radius 1 is 1.12 bits per heavy atom. The van der Waals surface area contributed by atoms with Gasteiger partial charge in [0.2, 0.25) is 0 Å². The van der Waals surface area contributed by atoms with Crippen molar-refractivity contribution in [1.82, 2.24) is 10.4 Å². The Kier molecular flexibility index (Phi) is 5.96. The van der Waals surface area contributed by atoms with E-state index in [9.17, 15) is 4.79 Å². The van der Waals surface area contributed by atoms with Crippen LogP contribution >= 0.6 is 11.6 Å². The first-order chi connectivity index (χ1) is 12.7. The SMILES string of the molecule is O=C(N/N=C/c1ccc(OCc2ccccc2Cl)cc1)c1cccnc1. The number of rotatable bonds is 6.